The molecule has 1 unspecified atom stereocenters. The van der Waals surface area contributed by atoms with E-state index in [1.165, 1.54) is 12.1 Å². The average Bonchev–Trinajstić information content (AvgIpc) is 3.20. The van der Waals surface area contributed by atoms with Crippen LogP contribution in [0.5, 0.6) is 0 Å². The number of hydrogen-bond acceptors (Lipinski definition) is 3. The number of rotatable bonds is 6. The molecule has 20 heavy (non-hydrogen) atoms. The number of amides is 1. The van der Waals surface area contributed by atoms with E-state index < -0.39 is 5.76 Å². The van der Waals surface area contributed by atoms with Crippen LogP contribution in [-0.4, -0.2) is 24.3 Å². The van der Waals surface area contributed by atoms with E-state index in [-0.39, 0.29) is 24.4 Å². The van der Waals surface area contributed by atoms with Crippen molar-refractivity contribution in [2.24, 2.45) is 11.7 Å². The number of thioether (sulfide) groups is 1. The molecule has 2 rings (SSSR count). The molecule has 0 heterocycles. The van der Waals surface area contributed by atoms with Crippen molar-refractivity contribution < 1.29 is 13.6 Å². The smallest absolute Gasteiger partial charge is 0.288 e. The molecule has 3 nitrogen and oxygen atoms in total. The lowest BCUT2D eigenvalue weighted by molar-refractivity contribution is 0.0933. The van der Waals surface area contributed by atoms with Gasteiger partial charge < -0.3 is 11.1 Å². The fourth-order valence-electron chi connectivity index (χ4n) is 1.91. The molecule has 112 valence electrons. The Kier molecular flexibility index (Phi) is 6.71. The summed E-state index contributed by atoms with van der Waals surface area (Å²) in [7, 11) is 0. The maximum atomic E-state index is 12.2. The first-order valence-electron chi connectivity index (χ1n) is 6.16. The van der Waals surface area contributed by atoms with Gasteiger partial charge in [-0.15, -0.1) is 12.4 Å². The minimum atomic E-state index is -2.45. The lowest BCUT2D eigenvalue weighted by atomic mass is 10.1. The molecule has 1 saturated carbocycles. The summed E-state index contributed by atoms with van der Waals surface area (Å²) in [4.78, 5) is 12.4. The van der Waals surface area contributed by atoms with Crippen molar-refractivity contribution in [3.63, 3.8) is 0 Å². The van der Waals surface area contributed by atoms with Gasteiger partial charge in [0.2, 0.25) is 0 Å². The van der Waals surface area contributed by atoms with Gasteiger partial charge in [0.25, 0.3) is 11.7 Å². The number of benzene rings is 1. The van der Waals surface area contributed by atoms with Crippen molar-refractivity contribution in [2.45, 2.75) is 29.5 Å². The molecule has 7 heteroatoms. The summed E-state index contributed by atoms with van der Waals surface area (Å²) in [6.07, 6.45) is 2.21. The molecule has 0 saturated heterocycles. The molecule has 0 aliphatic heterocycles. The predicted octanol–water partition coefficient (Wildman–Crippen LogP) is 2.89. The molecular formula is C13H17ClF2N2OS. The highest BCUT2D eigenvalue weighted by Crippen LogP contribution is 2.32. The monoisotopic (exact) mass is 322 g/mol. The maximum Gasteiger partial charge on any atom is 0.288 e. The minimum Gasteiger partial charge on any atom is -0.348 e. The van der Waals surface area contributed by atoms with Crippen LogP contribution in [0.2, 0.25) is 0 Å². The van der Waals surface area contributed by atoms with Gasteiger partial charge in [0.15, 0.2) is 0 Å². The Bertz CT molecular complexity index is 441. The van der Waals surface area contributed by atoms with Crippen molar-refractivity contribution >= 4 is 30.1 Å². The molecule has 1 aliphatic rings. The molecule has 3 N–H and O–H groups in total. The number of halogens is 3. The Morgan fingerprint density at radius 2 is 1.95 bits per heavy atom. The molecule has 0 radical (unpaired) electrons. The third-order valence-corrected chi connectivity index (χ3v) is 3.83. The normalized spacial score (nSPS) is 15.6. The highest BCUT2D eigenvalue weighted by Gasteiger charge is 2.31. The molecule has 1 aliphatic carbocycles. The number of carbonyl (C=O) groups is 1. The Morgan fingerprint density at radius 1 is 1.35 bits per heavy atom. The number of nitrogens with one attached hydrogen (secondary N) is 1. The van der Waals surface area contributed by atoms with Gasteiger partial charge >= 0.3 is 0 Å². The van der Waals surface area contributed by atoms with Crippen LogP contribution in [0.1, 0.15) is 23.2 Å². The van der Waals surface area contributed by atoms with E-state index in [1.807, 2.05) is 0 Å². The van der Waals surface area contributed by atoms with Crippen molar-refractivity contribution in [1.82, 2.24) is 5.32 Å². The lowest BCUT2D eigenvalue weighted by Crippen LogP contribution is -2.41. The van der Waals surface area contributed by atoms with Gasteiger partial charge in [-0.05, 0) is 43.0 Å². The van der Waals surface area contributed by atoms with Gasteiger partial charge in [-0.3, -0.25) is 4.79 Å². The second-order valence-corrected chi connectivity index (χ2v) is 5.62. The van der Waals surface area contributed by atoms with Crippen molar-refractivity contribution in [3.8, 4) is 0 Å². The SMILES string of the molecule is Cl.NCC(NC(=O)c1ccc(SC(F)F)cc1)C1CC1. The minimum absolute atomic E-state index is 0. The quantitative estimate of drug-likeness (QED) is 0.792. The maximum absolute atomic E-state index is 12.2. The van der Waals surface area contributed by atoms with Crippen LogP contribution < -0.4 is 11.1 Å². The van der Waals surface area contributed by atoms with Crippen LogP contribution in [-0.2, 0) is 0 Å². The van der Waals surface area contributed by atoms with Gasteiger partial charge in [-0.2, -0.15) is 8.78 Å². The Balaban J connectivity index is 0.00000200. The summed E-state index contributed by atoms with van der Waals surface area (Å²) in [6, 6.07) is 6.18. The van der Waals surface area contributed by atoms with E-state index in [4.69, 9.17) is 5.73 Å². The molecule has 1 atom stereocenters. The van der Waals surface area contributed by atoms with E-state index in [9.17, 15) is 13.6 Å². The zero-order chi connectivity index (χ0) is 13.8. The van der Waals surface area contributed by atoms with Crippen LogP contribution in [0, 0.1) is 5.92 Å². The van der Waals surface area contributed by atoms with E-state index in [1.54, 1.807) is 12.1 Å². The second kappa shape index (κ2) is 7.81. The van der Waals surface area contributed by atoms with Gasteiger partial charge in [-0.1, -0.05) is 11.8 Å². The summed E-state index contributed by atoms with van der Waals surface area (Å²) >= 11 is 0.467. The van der Waals surface area contributed by atoms with E-state index in [0.717, 1.165) is 12.8 Å². The largest absolute Gasteiger partial charge is 0.348 e. The summed E-state index contributed by atoms with van der Waals surface area (Å²) in [6.45, 7) is 0.426. The molecular weight excluding hydrogens is 306 g/mol. The fraction of sp³-hybridized carbons (Fsp3) is 0.462. The topological polar surface area (TPSA) is 55.1 Å². The molecule has 1 amide bonds. The summed E-state index contributed by atoms with van der Waals surface area (Å²) in [5.41, 5.74) is 6.09. The van der Waals surface area contributed by atoms with E-state index in [0.29, 0.717) is 34.7 Å². The highest BCUT2D eigenvalue weighted by molar-refractivity contribution is 7.99. The number of alkyl halides is 2. The zero-order valence-corrected chi connectivity index (χ0v) is 12.4. The lowest BCUT2D eigenvalue weighted by Gasteiger charge is -2.16. The number of carbonyl (C=O) groups excluding carboxylic acids is 1. The Labute approximate surface area is 127 Å². The van der Waals surface area contributed by atoms with Gasteiger partial charge in [0, 0.05) is 23.0 Å². The third-order valence-electron chi connectivity index (χ3n) is 3.10. The van der Waals surface area contributed by atoms with Gasteiger partial charge in [-0.25, -0.2) is 0 Å². The fourth-order valence-corrected chi connectivity index (χ4v) is 2.41. The van der Waals surface area contributed by atoms with E-state index >= 15 is 0 Å². The zero-order valence-electron chi connectivity index (χ0n) is 10.7. The van der Waals surface area contributed by atoms with Crippen molar-refractivity contribution in [2.75, 3.05) is 6.54 Å². The summed E-state index contributed by atoms with van der Waals surface area (Å²) in [5, 5.41) is 2.89. The first-order valence-corrected chi connectivity index (χ1v) is 7.04. The summed E-state index contributed by atoms with van der Waals surface area (Å²) in [5.74, 6) is -2.16. The predicted molar refractivity (Wildman–Crippen MR) is 78.6 cm³/mol. The van der Waals surface area contributed by atoms with Crippen LogP contribution >= 0.6 is 24.2 Å². The van der Waals surface area contributed by atoms with E-state index in [2.05, 4.69) is 5.32 Å². The van der Waals surface area contributed by atoms with Crippen LogP contribution in [0.3, 0.4) is 0 Å². The summed E-state index contributed by atoms with van der Waals surface area (Å²) < 4.78 is 24.3. The first kappa shape index (κ1) is 17.2. The molecule has 1 aromatic rings. The molecule has 1 fully saturated rings. The molecule has 0 aromatic heterocycles. The second-order valence-electron chi connectivity index (χ2n) is 4.56. The van der Waals surface area contributed by atoms with Crippen LogP contribution in [0.4, 0.5) is 8.78 Å². The van der Waals surface area contributed by atoms with Gasteiger partial charge in [0.05, 0.1) is 0 Å². The van der Waals surface area contributed by atoms with Gasteiger partial charge in [0.1, 0.15) is 0 Å². The third kappa shape index (κ3) is 4.92. The Morgan fingerprint density at radius 3 is 2.40 bits per heavy atom. The molecule has 0 spiro atoms. The van der Waals surface area contributed by atoms with Crippen molar-refractivity contribution in [1.29, 1.82) is 0 Å². The Hall–Kier alpha value is -0.850. The number of hydrogen-bond donors (Lipinski definition) is 2. The first-order chi connectivity index (χ1) is 9.10. The van der Waals surface area contributed by atoms with Crippen LogP contribution in [0.25, 0.3) is 0 Å². The molecule has 1 aromatic carbocycles. The van der Waals surface area contributed by atoms with Crippen LogP contribution in [0.15, 0.2) is 29.2 Å². The van der Waals surface area contributed by atoms with Crippen molar-refractivity contribution in [3.05, 3.63) is 29.8 Å². The highest BCUT2D eigenvalue weighted by atomic mass is 35.5. The number of nitrogens with two attached hydrogens (primary N) is 1. The standard InChI is InChI=1S/C13H16F2N2OS.ClH/c14-13(15)19-10-5-3-9(4-6-10)12(18)17-11(7-16)8-1-2-8;/h3-6,8,11,13H,1-2,7,16H2,(H,17,18);1H. The molecule has 0 bridgehead atoms. The average molecular weight is 323 g/mol.